The number of nitrogens with one attached hydrogen (secondary N) is 1. The van der Waals surface area contributed by atoms with E-state index < -0.39 is 0 Å². The molecule has 3 rings (SSSR count). The van der Waals surface area contributed by atoms with Crippen LogP contribution in [0.5, 0.6) is 0 Å². The van der Waals surface area contributed by atoms with Crippen LogP contribution in [0.2, 0.25) is 0 Å². The summed E-state index contributed by atoms with van der Waals surface area (Å²) in [6.45, 7) is 3.81. The summed E-state index contributed by atoms with van der Waals surface area (Å²) in [6.07, 6.45) is 8.62. The summed E-state index contributed by atoms with van der Waals surface area (Å²) in [6, 6.07) is 11.3. The number of rotatable bonds is 7. The van der Waals surface area contributed by atoms with Crippen LogP contribution in [0, 0.1) is 0 Å². The Hall–Kier alpha value is -1.59. The average molecular weight is 374 g/mol. The lowest BCUT2D eigenvalue weighted by molar-refractivity contribution is 0.109. The number of urea groups is 1. The van der Waals surface area contributed by atoms with Crippen LogP contribution in [-0.2, 0) is 6.54 Å². The summed E-state index contributed by atoms with van der Waals surface area (Å²) in [5.41, 5.74) is 1.35. The molecule has 1 aliphatic heterocycles. The van der Waals surface area contributed by atoms with Crippen molar-refractivity contribution in [3.8, 4) is 0 Å². The Morgan fingerprint density at radius 2 is 1.78 bits per heavy atom. The van der Waals surface area contributed by atoms with Crippen molar-refractivity contribution in [2.24, 2.45) is 0 Å². The van der Waals surface area contributed by atoms with E-state index >= 15 is 0 Å². The van der Waals surface area contributed by atoms with Crippen LogP contribution in [0.1, 0.15) is 56.9 Å². The third-order valence-electron chi connectivity index (χ3n) is 6.00. The molecule has 27 heavy (non-hydrogen) atoms. The number of hydrogen-bond donors (Lipinski definition) is 2. The summed E-state index contributed by atoms with van der Waals surface area (Å²) >= 11 is 0. The van der Waals surface area contributed by atoms with Crippen LogP contribution >= 0.6 is 0 Å². The van der Waals surface area contributed by atoms with Gasteiger partial charge in [-0.1, -0.05) is 49.6 Å². The van der Waals surface area contributed by atoms with E-state index in [9.17, 15) is 9.90 Å². The van der Waals surface area contributed by atoms with Gasteiger partial charge < -0.3 is 15.3 Å². The van der Waals surface area contributed by atoms with Crippen LogP contribution in [0.15, 0.2) is 30.3 Å². The SMILES string of the molecule is O=C(NC1CCCCC1)N(CCCO)C1CCN(Cc2ccccc2)CC1. The summed E-state index contributed by atoms with van der Waals surface area (Å²) in [4.78, 5) is 17.4. The Morgan fingerprint density at radius 1 is 1.07 bits per heavy atom. The van der Waals surface area contributed by atoms with Crippen molar-refractivity contribution in [2.45, 2.75) is 70.0 Å². The molecule has 1 aromatic rings. The second-order valence-electron chi connectivity index (χ2n) is 8.05. The summed E-state index contributed by atoms with van der Waals surface area (Å²) in [5.74, 6) is 0. The topological polar surface area (TPSA) is 55.8 Å². The zero-order valence-electron chi connectivity index (χ0n) is 16.5. The molecule has 1 heterocycles. The zero-order valence-corrected chi connectivity index (χ0v) is 16.5. The minimum absolute atomic E-state index is 0.0804. The molecule has 1 saturated carbocycles. The quantitative estimate of drug-likeness (QED) is 0.770. The van der Waals surface area contributed by atoms with E-state index in [2.05, 4.69) is 40.5 Å². The van der Waals surface area contributed by atoms with Crippen LogP contribution in [-0.4, -0.2) is 59.3 Å². The molecule has 2 amide bonds. The third kappa shape index (κ3) is 6.22. The van der Waals surface area contributed by atoms with Gasteiger partial charge in [-0.3, -0.25) is 4.90 Å². The maximum atomic E-state index is 12.9. The van der Waals surface area contributed by atoms with Crippen molar-refractivity contribution in [1.29, 1.82) is 0 Å². The molecular weight excluding hydrogens is 338 g/mol. The van der Waals surface area contributed by atoms with E-state index in [0.717, 1.165) is 45.3 Å². The minimum Gasteiger partial charge on any atom is -0.396 e. The molecule has 2 N–H and O–H groups in total. The number of nitrogens with zero attached hydrogens (tertiary/aromatic N) is 2. The molecule has 1 aromatic carbocycles. The molecule has 150 valence electrons. The van der Waals surface area contributed by atoms with Gasteiger partial charge in [0.05, 0.1) is 0 Å². The van der Waals surface area contributed by atoms with Gasteiger partial charge in [-0.05, 0) is 37.7 Å². The summed E-state index contributed by atoms with van der Waals surface area (Å²) < 4.78 is 0. The fourth-order valence-electron chi connectivity index (χ4n) is 4.43. The molecule has 0 bridgehead atoms. The highest BCUT2D eigenvalue weighted by Gasteiger charge is 2.29. The Kier molecular flexibility index (Phi) is 7.96. The van der Waals surface area contributed by atoms with Crippen LogP contribution in [0.3, 0.4) is 0 Å². The Balaban J connectivity index is 1.51. The normalized spacial score (nSPS) is 19.7. The van der Waals surface area contributed by atoms with Gasteiger partial charge in [-0.25, -0.2) is 4.79 Å². The highest BCUT2D eigenvalue weighted by atomic mass is 16.3. The number of likely N-dealkylation sites (tertiary alicyclic amines) is 1. The molecule has 1 aliphatic carbocycles. The van der Waals surface area contributed by atoms with Gasteiger partial charge in [0, 0.05) is 44.9 Å². The summed E-state index contributed by atoms with van der Waals surface area (Å²) in [7, 11) is 0. The number of benzene rings is 1. The fraction of sp³-hybridized carbons (Fsp3) is 0.682. The van der Waals surface area contributed by atoms with E-state index in [1.54, 1.807) is 0 Å². The molecule has 0 atom stereocenters. The Morgan fingerprint density at radius 3 is 2.44 bits per heavy atom. The second-order valence-corrected chi connectivity index (χ2v) is 8.05. The Labute approximate surface area is 163 Å². The number of amides is 2. The van der Waals surface area contributed by atoms with Gasteiger partial charge in [0.15, 0.2) is 0 Å². The maximum absolute atomic E-state index is 12.9. The summed E-state index contributed by atoms with van der Waals surface area (Å²) in [5, 5.41) is 12.5. The van der Waals surface area contributed by atoms with Crippen LogP contribution < -0.4 is 5.32 Å². The van der Waals surface area contributed by atoms with Gasteiger partial charge in [0.2, 0.25) is 0 Å². The number of carbonyl (C=O) groups excluding carboxylic acids is 1. The largest absolute Gasteiger partial charge is 0.396 e. The van der Waals surface area contributed by atoms with E-state index in [1.807, 2.05) is 4.90 Å². The number of carbonyl (C=O) groups is 1. The van der Waals surface area contributed by atoms with Crippen LogP contribution in [0.25, 0.3) is 0 Å². The number of hydrogen-bond acceptors (Lipinski definition) is 3. The zero-order chi connectivity index (χ0) is 18.9. The molecular formula is C22H35N3O2. The third-order valence-corrected chi connectivity index (χ3v) is 6.00. The first-order valence-electron chi connectivity index (χ1n) is 10.7. The first-order chi connectivity index (χ1) is 13.3. The highest BCUT2D eigenvalue weighted by molar-refractivity contribution is 5.75. The van der Waals surface area contributed by atoms with Gasteiger partial charge in [-0.15, -0.1) is 0 Å². The lowest BCUT2D eigenvalue weighted by Gasteiger charge is -2.39. The molecule has 5 heteroatoms. The number of aliphatic hydroxyl groups excluding tert-OH is 1. The first kappa shape index (κ1) is 20.2. The molecule has 2 aliphatic rings. The van der Waals surface area contributed by atoms with E-state index in [0.29, 0.717) is 19.0 Å². The minimum atomic E-state index is 0.0804. The predicted octanol–water partition coefficient (Wildman–Crippen LogP) is 3.38. The Bertz CT molecular complexity index is 552. The fourth-order valence-corrected chi connectivity index (χ4v) is 4.43. The molecule has 0 spiro atoms. The lowest BCUT2D eigenvalue weighted by atomic mass is 9.95. The molecule has 1 saturated heterocycles. The smallest absolute Gasteiger partial charge is 0.317 e. The van der Waals surface area contributed by atoms with Crippen LogP contribution in [0.4, 0.5) is 4.79 Å². The predicted molar refractivity (Wildman–Crippen MR) is 109 cm³/mol. The van der Waals surface area contributed by atoms with E-state index in [-0.39, 0.29) is 18.7 Å². The van der Waals surface area contributed by atoms with Crippen molar-refractivity contribution in [3.05, 3.63) is 35.9 Å². The highest BCUT2D eigenvalue weighted by Crippen LogP contribution is 2.21. The van der Waals surface area contributed by atoms with Crippen molar-refractivity contribution in [2.75, 3.05) is 26.2 Å². The molecule has 5 nitrogen and oxygen atoms in total. The lowest BCUT2D eigenvalue weighted by Crippen LogP contribution is -2.53. The molecule has 0 unspecified atom stereocenters. The van der Waals surface area contributed by atoms with Crippen molar-refractivity contribution >= 4 is 6.03 Å². The van der Waals surface area contributed by atoms with E-state index in [1.165, 1.54) is 24.8 Å². The van der Waals surface area contributed by atoms with Gasteiger partial charge in [0.25, 0.3) is 0 Å². The monoisotopic (exact) mass is 373 g/mol. The number of aliphatic hydroxyl groups is 1. The molecule has 0 radical (unpaired) electrons. The van der Waals surface area contributed by atoms with Crippen molar-refractivity contribution < 1.29 is 9.90 Å². The molecule has 2 fully saturated rings. The van der Waals surface area contributed by atoms with Gasteiger partial charge in [0.1, 0.15) is 0 Å². The van der Waals surface area contributed by atoms with Crippen molar-refractivity contribution in [3.63, 3.8) is 0 Å². The average Bonchev–Trinajstić information content (AvgIpc) is 2.71. The van der Waals surface area contributed by atoms with Gasteiger partial charge in [-0.2, -0.15) is 0 Å². The molecule has 0 aromatic heterocycles. The standard InChI is InChI=1S/C22H35N3O2/c26-17-7-14-25(22(27)23-20-10-5-2-6-11-20)21-12-15-24(16-13-21)18-19-8-3-1-4-9-19/h1,3-4,8-9,20-21,26H,2,5-7,10-18H2,(H,23,27). The first-order valence-corrected chi connectivity index (χ1v) is 10.7. The number of piperidine rings is 1. The second kappa shape index (κ2) is 10.7. The van der Waals surface area contributed by atoms with E-state index in [4.69, 9.17) is 0 Å². The van der Waals surface area contributed by atoms with Gasteiger partial charge >= 0.3 is 6.03 Å². The maximum Gasteiger partial charge on any atom is 0.317 e. The van der Waals surface area contributed by atoms with Crippen molar-refractivity contribution in [1.82, 2.24) is 15.1 Å².